The molecule has 1 saturated heterocycles. The summed E-state index contributed by atoms with van der Waals surface area (Å²) in [4.78, 5) is 9.85. The first-order valence-electron chi connectivity index (χ1n) is 9.36. The molecule has 4 heteroatoms. The largest absolute Gasteiger partial charge is 0.396 e. The van der Waals surface area contributed by atoms with Gasteiger partial charge in [-0.1, -0.05) is 45.0 Å². The van der Waals surface area contributed by atoms with E-state index < -0.39 is 0 Å². The second-order valence-corrected chi connectivity index (χ2v) is 8.43. The highest BCUT2D eigenvalue weighted by Gasteiger charge is 2.29. The molecule has 1 aliphatic heterocycles. The second kappa shape index (κ2) is 7.81. The van der Waals surface area contributed by atoms with Crippen LogP contribution in [-0.4, -0.2) is 58.7 Å². The van der Waals surface area contributed by atoms with Crippen molar-refractivity contribution in [1.82, 2.24) is 14.8 Å². The SMILES string of the molecule is CC(C)(C)CN1CCN(Cc2ccc3ccccc3n2)CC1CCO. The van der Waals surface area contributed by atoms with E-state index in [0.717, 1.165) is 50.4 Å². The highest BCUT2D eigenvalue weighted by atomic mass is 16.3. The van der Waals surface area contributed by atoms with Crippen LogP contribution in [0.3, 0.4) is 0 Å². The van der Waals surface area contributed by atoms with E-state index >= 15 is 0 Å². The van der Waals surface area contributed by atoms with Crippen LogP contribution in [0.15, 0.2) is 36.4 Å². The Morgan fingerprint density at radius 1 is 1.12 bits per heavy atom. The minimum atomic E-state index is 0.257. The van der Waals surface area contributed by atoms with Crippen molar-refractivity contribution in [2.24, 2.45) is 5.41 Å². The van der Waals surface area contributed by atoms with E-state index in [9.17, 15) is 5.11 Å². The van der Waals surface area contributed by atoms with Crippen LogP contribution in [-0.2, 0) is 6.54 Å². The summed E-state index contributed by atoms with van der Waals surface area (Å²) in [5, 5.41) is 10.7. The first-order chi connectivity index (χ1) is 11.9. The lowest BCUT2D eigenvalue weighted by atomic mass is 9.94. The molecule has 0 aliphatic carbocycles. The summed E-state index contributed by atoms with van der Waals surface area (Å²) < 4.78 is 0. The van der Waals surface area contributed by atoms with E-state index in [0.29, 0.717) is 6.04 Å². The predicted molar refractivity (Wildman–Crippen MR) is 104 cm³/mol. The third kappa shape index (κ3) is 5.00. The zero-order chi connectivity index (χ0) is 17.9. The van der Waals surface area contributed by atoms with Crippen LogP contribution in [0.5, 0.6) is 0 Å². The van der Waals surface area contributed by atoms with Gasteiger partial charge in [0.1, 0.15) is 0 Å². The van der Waals surface area contributed by atoms with Gasteiger partial charge in [0.2, 0.25) is 0 Å². The molecule has 0 radical (unpaired) electrons. The van der Waals surface area contributed by atoms with E-state index in [1.807, 2.05) is 6.07 Å². The second-order valence-electron chi connectivity index (χ2n) is 8.43. The first kappa shape index (κ1) is 18.3. The molecule has 0 spiro atoms. The molecule has 1 fully saturated rings. The molecule has 1 N–H and O–H groups in total. The highest BCUT2D eigenvalue weighted by molar-refractivity contribution is 5.78. The van der Waals surface area contributed by atoms with Gasteiger partial charge in [-0.25, -0.2) is 0 Å². The molecule has 2 heterocycles. The average Bonchev–Trinajstić information content (AvgIpc) is 2.56. The summed E-state index contributed by atoms with van der Waals surface area (Å²) in [6.45, 7) is 12.2. The molecule has 3 rings (SSSR count). The van der Waals surface area contributed by atoms with Crippen molar-refractivity contribution in [3.8, 4) is 0 Å². The van der Waals surface area contributed by atoms with Crippen molar-refractivity contribution in [3.05, 3.63) is 42.1 Å². The fourth-order valence-corrected chi connectivity index (χ4v) is 3.77. The van der Waals surface area contributed by atoms with Gasteiger partial charge in [0.15, 0.2) is 0 Å². The number of fused-ring (bicyclic) bond motifs is 1. The van der Waals surface area contributed by atoms with Gasteiger partial charge in [0.05, 0.1) is 11.2 Å². The number of hydrogen-bond donors (Lipinski definition) is 1. The van der Waals surface area contributed by atoms with Crippen molar-refractivity contribution < 1.29 is 5.11 Å². The Morgan fingerprint density at radius 2 is 1.92 bits per heavy atom. The van der Waals surface area contributed by atoms with Crippen LogP contribution in [0, 0.1) is 5.41 Å². The van der Waals surface area contributed by atoms with Gasteiger partial charge in [-0.3, -0.25) is 14.8 Å². The molecular formula is C21H31N3O. The number of benzene rings is 1. The Kier molecular flexibility index (Phi) is 5.72. The van der Waals surface area contributed by atoms with Crippen LogP contribution >= 0.6 is 0 Å². The summed E-state index contributed by atoms with van der Waals surface area (Å²) in [5.74, 6) is 0. The number of aromatic nitrogens is 1. The minimum absolute atomic E-state index is 0.257. The van der Waals surface area contributed by atoms with E-state index in [1.54, 1.807) is 0 Å². The van der Waals surface area contributed by atoms with Crippen molar-refractivity contribution >= 4 is 10.9 Å². The molecule has 1 aromatic carbocycles. The number of piperazine rings is 1. The third-order valence-electron chi connectivity index (χ3n) is 4.87. The fraction of sp³-hybridized carbons (Fsp3) is 0.571. The van der Waals surface area contributed by atoms with Crippen molar-refractivity contribution in [2.45, 2.75) is 39.8 Å². The predicted octanol–water partition coefficient (Wildman–Crippen LogP) is 3.15. The minimum Gasteiger partial charge on any atom is -0.396 e. The molecule has 0 bridgehead atoms. The number of aliphatic hydroxyl groups excluding tert-OH is 1. The van der Waals surface area contributed by atoms with E-state index in [1.165, 1.54) is 5.39 Å². The van der Waals surface area contributed by atoms with Crippen molar-refractivity contribution in [3.63, 3.8) is 0 Å². The van der Waals surface area contributed by atoms with Gasteiger partial charge >= 0.3 is 0 Å². The Labute approximate surface area is 151 Å². The molecule has 136 valence electrons. The van der Waals surface area contributed by atoms with E-state index in [2.05, 4.69) is 60.9 Å². The fourth-order valence-electron chi connectivity index (χ4n) is 3.77. The lowest BCUT2D eigenvalue weighted by Gasteiger charge is -2.43. The zero-order valence-corrected chi connectivity index (χ0v) is 15.8. The maximum absolute atomic E-state index is 9.47. The van der Waals surface area contributed by atoms with Gasteiger partial charge in [-0.15, -0.1) is 0 Å². The van der Waals surface area contributed by atoms with Gasteiger partial charge in [0.25, 0.3) is 0 Å². The average molecular weight is 341 g/mol. The van der Waals surface area contributed by atoms with E-state index in [4.69, 9.17) is 4.98 Å². The molecule has 2 aromatic rings. The van der Waals surface area contributed by atoms with Crippen molar-refractivity contribution in [1.29, 1.82) is 0 Å². The summed E-state index contributed by atoms with van der Waals surface area (Å²) in [6.07, 6.45) is 0.845. The van der Waals surface area contributed by atoms with Crippen molar-refractivity contribution in [2.75, 3.05) is 32.8 Å². The molecule has 1 atom stereocenters. The van der Waals surface area contributed by atoms with Crippen LogP contribution in [0.25, 0.3) is 10.9 Å². The third-order valence-corrected chi connectivity index (χ3v) is 4.87. The zero-order valence-electron chi connectivity index (χ0n) is 15.8. The summed E-state index contributed by atoms with van der Waals surface area (Å²) in [5.41, 5.74) is 2.49. The number of aliphatic hydroxyl groups is 1. The normalized spacial score (nSPS) is 20.2. The number of nitrogens with zero attached hydrogens (tertiary/aromatic N) is 3. The maximum atomic E-state index is 9.47. The Bertz CT molecular complexity index is 695. The smallest absolute Gasteiger partial charge is 0.0705 e. The lowest BCUT2D eigenvalue weighted by molar-refractivity contribution is 0.0335. The Morgan fingerprint density at radius 3 is 2.68 bits per heavy atom. The quantitative estimate of drug-likeness (QED) is 0.907. The molecule has 0 saturated carbocycles. The topological polar surface area (TPSA) is 39.6 Å². The molecule has 1 aromatic heterocycles. The number of hydrogen-bond acceptors (Lipinski definition) is 4. The molecular weight excluding hydrogens is 310 g/mol. The highest BCUT2D eigenvalue weighted by Crippen LogP contribution is 2.22. The first-order valence-corrected chi connectivity index (χ1v) is 9.36. The van der Waals surface area contributed by atoms with Gasteiger partial charge in [-0.2, -0.15) is 0 Å². The summed E-state index contributed by atoms with van der Waals surface area (Å²) >= 11 is 0. The standard InChI is InChI=1S/C21H31N3O/c1-21(2,3)16-24-12-11-23(15-19(24)10-13-25)14-18-9-8-17-6-4-5-7-20(17)22-18/h4-9,19,25H,10-16H2,1-3H3. The van der Waals surface area contributed by atoms with Gasteiger partial charge in [0, 0.05) is 50.8 Å². The summed E-state index contributed by atoms with van der Waals surface area (Å²) in [6, 6.07) is 13.0. The summed E-state index contributed by atoms with van der Waals surface area (Å²) in [7, 11) is 0. The Hall–Kier alpha value is -1.49. The van der Waals surface area contributed by atoms with Gasteiger partial charge < -0.3 is 5.11 Å². The Balaban J connectivity index is 1.66. The lowest BCUT2D eigenvalue weighted by Crippen LogP contribution is -2.54. The number of rotatable bonds is 5. The van der Waals surface area contributed by atoms with Crippen LogP contribution in [0.2, 0.25) is 0 Å². The monoisotopic (exact) mass is 341 g/mol. The molecule has 4 nitrogen and oxygen atoms in total. The molecule has 25 heavy (non-hydrogen) atoms. The van der Waals surface area contributed by atoms with Crippen LogP contribution in [0.1, 0.15) is 32.9 Å². The van der Waals surface area contributed by atoms with Crippen LogP contribution < -0.4 is 0 Å². The van der Waals surface area contributed by atoms with E-state index in [-0.39, 0.29) is 12.0 Å². The number of para-hydroxylation sites is 1. The molecule has 0 amide bonds. The maximum Gasteiger partial charge on any atom is 0.0705 e. The molecule has 1 aliphatic rings. The number of pyridine rings is 1. The van der Waals surface area contributed by atoms with Crippen LogP contribution in [0.4, 0.5) is 0 Å². The van der Waals surface area contributed by atoms with Gasteiger partial charge in [-0.05, 0) is 24.0 Å². The molecule has 1 unspecified atom stereocenters.